The van der Waals surface area contributed by atoms with E-state index < -0.39 is 0 Å². The van der Waals surface area contributed by atoms with Gasteiger partial charge in [-0.05, 0) is 61.3 Å². The van der Waals surface area contributed by atoms with E-state index in [0.717, 1.165) is 37.9 Å². The van der Waals surface area contributed by atoms with Gasteiger partial charge in [-0.25, -0.2) is 0 Å². The molecule has 1 N–H and O–H groups in total. The Labute approximate surface area is 199 Å². The van der Waals surface area contributed by atoms with Crippen molar-refractivity contribution < 1.29 is 9.59 Å². The fourth-order valence-corrected chi connectivity index (χ4v) is 5.04. The van der Waals surface area contributed by atoms with Crippen LogP contribution in [-0.2, 0) is 28.9 Å². The van der Waals surface area contributed by atoms with Gasteiger partial charge in [-0.1, -0.05) is 75.1 Å². The summed E-state index contributed by atoms with van der Waals surface area (Å²) in [4.78, 5) is 26.4. The minimum Gasteiger partial charge on any atom is -0.339 e. The Bertz CT molecular complexity index is 894. The van der Waals surface area contributed by atoms with Crippen molar-refractivity contribution in [2.75, 3.05) is 11.9 Å². The first-order chi connectivity index (χ1) is 16.1. The summed E-state index contributed by atoms with van der Waals surface area (Å²) in [7, 11) is 0. The quantitative estimate of drug-likeness (QED) is 0.386. The minimum absolute atomic E-state index is 0.0339. The Morgan fingerprint density at radius 1 is 0.939 bits per heavy atom. The largest absolute Gasteiger partial charge is 0.339 e. The number of fused-ring (bicyclic) bond motifs is 1. The second kappa shape index (κ2) is 13.2. The van der Waals surface area contributed by atoms with Gasteiger partial charge in [0.25, 0.3) is 0 Å². The molecule has 0 saturated heterocycles. The van der Waals surface area contributed by atoms with E-state index in [2.05, 4.69) is 46.6 Å². The van der Waals surface area contributed by atoms with Crippen molar-refractivity contribution in [1.29, 1.82) is 0 Å². The fraction of sp³-hybridized carbons (Fsp3) is 0.517. The molecule has 1 atom stereocenters. The molecule has 0 heterocycles. The standard InChI is InChI=1S/C29H40N2O2/c1-3-29(33)31(21-12-7-5-4-6-9-14-24-15-10-8-11-16-24)26-19-20-27-25(22-26)17-13-18-28(27)30-23(2)32/h8,10-11,13,15-18,26H,3-7,9,12,14,19-22H2,1-2H3,(H,30,32). The van der Waals surface area contributed by atoms with Crippen LogP contribution in [0.2, 0.25) is 0 Å². The van der Waals surface area contributed by atoms with Gasteiger partial charge >= 0.3 is 0 Å². The van der Waals surface area contributed by atoms with Crippen LogP contribution in [0.25, 0.3) is 0 Å². The number of hydrogen-bond acceptors (Lipinski definition) is 2. The lowest BCUT2D eigenvalue weighted by Crippen LogP contribution is -2.43. The number of nitrogens with one attached hydrogen (secondary N) is 1. The number of nitrogens with zero attached hydrogens (tertiary/aromatic N) is 1. The highest BCUT2D eigenvalue weighted by molar-refractivity contribution is 5.89. The van der Waals surface area contributed by atoms with Crippen molar-refractivity contribution in [2.45, 2.75) is 90.5 Å². The van der Waals surface area contributed by atoms with Crippen molar-refractivity contribution >= 4 is 17.5 Å². The number of unbranched alkanes of at least 4 members (excludes halogenated alkanes) is 5. The van der Waals surface area contributed by atoms with E-state index in [1.807, 2.05) is 19.1 Å². The molecule has 178 valence electrons. The fourth-order valence-electron chi connectivity index (χ4n) is 5.04. The molecule has 1 aliphatic carbocycles. The molecule has 4 heteroatoms. The lowest BCUT2D eigenvalue weighted by atomic mass is 9.86. The molecule has 0 aromatic heterocycles. The summed E-state index contributed by atoms with van der Waals surface area (Å²) in [5, 5.41) is 2.96. The van der Waals surface area contributed by atoms with E-state index in [-0.39, 0.29) is 17.9 Å². The molecule has 0 saturated carbocycles. The monoisotopic (exact) mass is 448 g/mol. The van der Waals surface area contributed by atoms with Crippen LogP contribution >= 0.6 is 0 Å². The summed E-state index contributed by atoms with van der Waals surface area (Å²) in [5.74, 6) is 0.234. The highest BCUT2D eigenvalue weighted by atomic mass is 16.2. The normalized spacial score (nSPS) is 15.0. The molecular weight excluding hydrogens is 408 g/mol. The van der Waals surface area contributed by atoms with E-state index in [9.17, 15) is 9.59 Å². The summed E-state index contributed by atoms with van der Waals surface area (Å²) in [5.41, 5.74) is 4.87. The average molecular weight is 449 g/mol. The Hall–Kier alpha value is -2.62. The van der Waals surface area contributed by atoms with Gasteiger partial charge in [-0.15, -0.1) is 0 Å². The topological polar surface area (TPSA) is 49.4 Å². The van der Waals surface area contributed by atoms with Crippen LogP contribution < -0.4 is 5.32 Å². The predicted molar refractivity (Wildman–Crippen MR) is 136 cm³/mol. The number of anilines is 1. The molecule has 0 aliphatic heterocycles. The van der Waals surface area contributed by atoms with Crippen LogP contribution in [0, 0.1) is 0 Å². The third kappa shape index (κ3) is 7.73. The van der Waals surface area contributed by atoms with E-state index >= 15 is 0 Å². The number of carbonyl (C=O) groups excluding carboxylic acids is 2. The van der Waals surface area contributed by atoms with Crippen LogP contribution in [0.5, 0.6) is 0 Å². The average Bonchev–Trinajstić information content (AvgIpc) is 2.83. The van der Waals surface area contributed by atoms with Crippen LogP contribution in [0.4, 0.5) is 5.69 Å². The lowest BCUT2D eigenvalue weighted by Gasteiger charge is -2.36. The molecule has 2 aromatic rings. The SMILES string of the molecule is CCC(=O)N(CCCCCCCCc1ccccc1)C1CCc2c(cccc2NC(C)=O)C1. The van der Waals surface area contributed by atoms with Gasteiger partial charge in [0.1, 0.15) is 0 Å². The van der Waals surface area contributed by atoms with E-state index in [1.165, 1.54) is 55.2 Å². The Balaban J connectivity index is 1.43. The third-order valence-electron chi connectivity index (χ3n) is 6.79. The van der Waals surface area contributed by atoms with Gasteiger partial charge in [0.05, 0.1) is 0 Å². The van der Waals surface area contributed by atoms with Gasteiger partial charge < -0.3 is 10.2 Å². The number of rotatable bonds is 12. The maximum atomic E-state index is 12.7. The first-order valence-electron chi connectivity index (χ1n) is 12.8. The molecule has 33 heavy (non-hydrogen) atoms. The summed E-state index contributed by atoms with van der Waals surface area (Å²) < 4.78 is 0. The molecule has 0 radical (unpaired) electrons. The summed E-state index contributed by atoms with van der Waals surface area (Å²) in [6.07, 6.45) is 11.8. The molecule has 2 amide bonds. The number of carbonyl (C=O) groups is 2. The molecule has 1 aliphatic rings. The smallest absolute Gasteiger partial charge is 0.222 e. The number of benzene rings is 2. The molecule has 2 aromatic carbocycles. The molecule has 0 fully saturated rings. The zero-order valence-electron chi connectivity index (χ0n) is 20.4. The Kier molecular flexibility index (Phi) is 9.99. The van der Waals surface area contributed by atoms with Crippen molar-refractivity contribution in [3.05, 3.63) is 65.2 Å². The molecule has 0 bridgehead atoms. The van der Waals surface area contributed by atoms with Crippen molar-refractivity contribution in [3.63, 3.8) is 0 Å². The molecule has 4 nitrogen and oxygen atoms in total. The second-order valence-corrected chi connectivity index (χ2v) is 9.32. The molecular formula is C29H40N2O2. The van der Waals surface area contributed by atoms with Crippen molar-refractivity contribution in [3.8, 4) is 0 Å². The summed E-state index contributed by atoms with van der Waals surface area (Å²) in [6, 6.07) is 17.1. The maximum Gasteiger partial charge on any atom is 0.222 e. The van der Waals surface area contributed by atoms with E-state index in [1.54, 1.807) is 6.92 Å². The van der Waals surface area contributed by atoms with Gasteiger partial charge in [0, 0.05) is 31.6 Å². The zero-order valence-corrected chi connectivity index (χ0v) is 20.4. The maximum absolute atomic E-state index is 12.7. The van der Waals surface area contributed by atoms with Gasteiger partial charge in [-0.2, -0.15) is 0 Å². The van der Waals surface area contributed by atoms with Crippen LogP contribution in [0.1, 0.15) is 81.9 Å². The van der Waals surface area contributed by atoms with Crippen molar-refractivity contribution in [1.82, 2.24) is 4.90 Å². The third-order valence-corrected chi connectivity index (χ3v) is 6.79. The Morgan fingerprint density at radius 2 is 1.67 bits per heavy atom. The number of hydrogen-bond donors (Lipinski definition) is 1. The van der Waals surface area contributed by atoms with Gasteiger partial charge in [0.2, 0.25) is 11.8 Å². The lowest BCUT2D eigenvalue weighted by molar-refractivity contribution is -0.133. The van der Waals surface area contributed by atoms with Gasteiger partial charge in [-0.3, -0.25) is 9.59 Å². The number of amides is 2. The Morgan fingerprint density at radius 3 is 2.39 bits per heavy atom. The summed E-state index contributed by atoms with van der Waals surface area (Å²) in [6.45, 7) is 4.38. The highest BCUT2D eigenvalue weighted by Crippen LogP contribution is 2.30. The first kappa shape index (κ1) is 25.0. The predicted octanol–water partition coefficient (Wildman–Crippen LogP) is 6.32. The van der Waals surface area contributed by atoms with Crippen LogP contribution in [0.3, 0.4) is 0 Å². The minimum atomic E-state index is -0.0339. The van der Waals surface area contributed by atoms with E-state index in [0.29, 0.717) is 6.42 Å². The van der Waals surface area contributed by atoms with Crippen LogP contribution in [0.15, 0.2) is 48.5 Å². The van der Waals surface area contributed by atoms with E-state index in [4.69, 9.17) is 0 Å². The first-order valence-corrected chi connectivity index (χ1v) is 12.8. The summed E-state index contributed by atoms with van der Waals surface area (Å²) >= 11 is 0. The zero-order chi connectivity index (χ0) is 23.5. The molecule has 1 unspecified atom stereocenters. The molecule has 0 spiro atoms. The number of aryl methyl sites for hydroxylation is 1. The highest BCUT2D eigenvalue weighted by Gasteiger charge is 2.27. The van der Waals surface area contributed by atoms with Gasteiger partial charge in [0.15, 0.2) is 0 Å². The van der Waals surface area contributed by atoms with Crippen molar-refractivity contribution in [2.24, 2.45) is 0 Å². The van der Waals surface area contributed by atoms with Crippen LogP contribution in [-0.4, -0.2) is 29.3 Å². The second-order valence-electron chi connectivity index (χ2n) is 9.32. The molecule has 3 rings (SSSR count).